The van der Waals surface area contributed by atoms with Crippen LogP contribution in [0.15, 0.2) is 42.5 Å². The Labute approximate surface area is 127 Å². The number of carbonyl (C=O) groups is 1. The van der Waals surface area contributed by atoms with E-state index in [4.69, 9.17) is 4.74 Å². The maximum Gasteiger partial charge on any atom is 0.311 e. The highest BCUT2D eigenvalue weighted by atomic mass is 19.1. The van der Waals surface area contributed by atoms with Crippen molar-refractivity contribution in [2.75, 3.05) is 6.61 Å². The van der Waals surface area contributed by atoms with Gasteiger partial charge in [0, 0.05) is 6.07 Å². The Morgan fingerprint density at radius 1 is 1.23 bits per heavy atom. The molecule has 2 aromatic rings. The quantitative estimate of drug-likeness (QED) is 0.880. The molecule has 5 heteroatoms. The molecule has 1 atom stereocenters. The normalized spacial score (nSPS) is 12.0. The van der Waals surface area contributed by atoms with Gasteiger partial charge in [-0.3, -0.25) is 4.79 Å². The first-order valence-electron chi connectivity index (χ1n) is 6.85. The molecule has 0 heterocycles. The molecule has 3 nitrogen and oxygen atoms in total. The van der Waals surface area contributed by atoms with Gasteiger partial charge in [-0.2, -0.15) is 0 Å². The molecule has 116 valence electrons. The molecule has 0 fully saturated rings. The summed E-state index contributed by atoms with van der Waals surface area (Å²) in [6.07, 6.45) is 0.191. The average Bonchev–Trinajstić information content (AvgIpc) is 2.46. The minimum absolute atomic E-state index is 0.0217. The van der Waals surface area contributed by atoms with Gasteiger partial charge in [0.2, 0.25) is 0 Å². The maximum absolute atomic E-state index is 13.4. The van der Waals surface area contributed by atoms with E-state index in [1.54, 1.807) is 12.1 Å². The number of rotatable bonds is 6. The summed E-state index contributed by atoms with van der Waals surface area (Å²) < 4.78 is 31.5. The molecular formula is C17H16F2O3. The van der Waals surface area contributed by atoms with Gasteiger partial charge in [-0.25, -0.2) is 8.78 Å². The summed E-state index contributed by atoms with van der Waals surface area (Å²) >= 11 is 0. The Morgan fingerprint density at radius 2 is 1.95 bits per heavy atom. The van der Waals surface area contributed by atoms with Crippen LogP contribution in [-0.4, -0.2) is 17.7 Å². The van der Waals surface area contributed by atoms with Crippen LogP contribution in [0.3, 0.4) is 0 Å². The van der Waals surface area contributed by atoms with Gasteiger partial charge in [-0.15, -0.1) is 0 Å². The zero-order valence-corrected chi connectivity index (χ0v) is 12.1. The van der Waals surface area contributed by atoms with Crippen molar-refractivity contribution in [1.29, 1.82) is 0 Å². The number of aryl methyl sites for hydroxylation is 1. The van der Waals surface area contributed by atoms with Crippen molar-refractivity contribution in [2.24, 2.45) is 0 Å². The Morgan fingerprint density at radius 3 is 2.59 bits per heavy atom. The van der Waals surface area contributed by atoms with Gasteiger partial charge in [0.05, 0.1) is 12.5 Å². The van der Waals surface area contributed by atoms with Crippen LogP contribution in [0.1, 0.15) is 23.5 Å². The van der Waals surface area contributed by atoms with Gasteiger partial charge >= 0.3 is 5.97 Å². The van der Waals surface area contributed by atoms with E-state index in [0.29, 0.717) is 5.56 Å². The predicted molar refractivity (Wildman–Crippen MR) is 78.0 cm³/mol. The lowest BCUT2D eigenvalue weighted by Gasteiger charge is -2.16. The fraction of sp³-hybridized carbons (Fsp3) is 0.235. The van der Waals surface area contributed by atoms with E-state index >= 15 is 0 Å². The Kier molecular flexibility index (Phi) is 5.09. The van der Waals surface area contributed by atoms with Crippen LogP contribution in [0, 0.1) is 18.6 Å². The molecule has 0 aliphatic rings. The molecule has 0 aromatic heterocycles. The fourth-order valence-corrected chi connectivity index (χ4v) is 2.27. The summed E-state index contributed by atoms with van der Waals surface area (Å²) in [6, 6.07) is 10.2. The van der Waals surface area contributed by atoms with Crippen LogP contribution < -0.4 is 4.74 Å². The third-order valence-electron chi connectivity index (χ3n) is 3.42. The lowest BCUT2D eigenvalue weighted by Crippen LogP contribution is -2.16. The lowest BCUT2D eigenvalue weighted by atomic mass is 9.92. The van der Waals surface area contributed by atoms with E-state index in [9.17, 15) is 18.7 Å². The van der Waals surface area contributed by atoms with E-state index in [-0.39, 0.29) is 18.8 Å². The van der Waals surface area contributed by atoms with Crippen LogP contribution in [0.4, 0.5) is 8.78 Å². The molecule has 0 bridgehead atoms. The summed E-state index contributed by atoms with van der Waals surface area (Å²) in [5.74, 6) is -3.27. The Hall–Kier alpha value is -2.43. The highest BCUT2D eigenvalue weighted by Gasteiger charge is 2.21. The second-order valence-electron chi connectivity index (χ2n) is 4.96. The highest BCUT2D eigenvalue weighted by molar-refractivity contribution is 5.76. The molecule has 0 aliphatic carbocycles. The number of carboxylic acid groups (broad SMARTS) is 1. The fourth-order valence-electron chi connectivity index (χ4n) is 2.27. The summed E-state index contributed by atoms with van der Waals surface area (Å²) in [5, 5.41) is 9.36. The van der Waals surface area contributed by atoms with Crippen molar-refractivity contribution in [2.45, 2.75) is 19.3 Å². The van der Waals surface area contributed by atoms with Crippen molar-refractivity contribution in [3.05, 3.63) is 65.2 Å². The second kappa shape index (κ2) is 7.02. The molecule has 0 aliphatic heterocycles. The van der Waals surface area contributed by atoms with Crippen LogP contribution >= 0.6 is 0 Å². The zero-order chi connectivity index (χ0) is 16.1. The number of carboxylic acids is 1. The van der Waals surface area contributed by atoms with Crippen molar-refractivity contribution < 1.29 is 23.4 Å². The van der Waals surface area contributed by atoms with Crippen molar-refractivity contribution >= 4 is 5.97 Å². The third-order valence-corrected chi connectivity index (χ3v) is 3.42. The largest absolute Gasteiger partial charge is 0.490 e. The molecule has 22 heavy (non-hydrogen) atoms. The summed E-state index contributed by atoms with van der Waals surface area (Å²) in [4.78, 5) is 11.4. The van der Waals surface area contributed by atoms with Crippen LogP contribution in [0.2, 0.25) is 0 Å². The van der Waals surface area contributed by atoms with E-state index < -0.39 is 23.5 Å². The molecular weight excluding hydrogens is 290 g/mol. The van der Waals surface area contributed by atoms with E-state index in [1.807, 2.05) is 19.1 Å². The molecule has 2 aromatic carbocycles. The van der Waals surface area contributed by atoms with Crippen molar-refractivity contribution in [3.8, 4) is 5.75 Å². The van der Waals surface area contributed by atoms with Crippen LogP contribution in [0.25, 0.3) is 0 Å². The smallest absolute Gasteiger partial charge is 0.311 e. The summed E-state index contributed by atoms with van der Waals surface area (Å²) in [6.45, 7) is 1.86. The zero-order valence-electron chi connectivity index (χ0n) is 12.1. The van der Waals surface area contributed by atoms with Crippen molar-refractivity contribution in [3.63, 3.8) is 0 Å². The van der Waals surface area contributed by atoms with Crippen LogP contribution in [0.5, 0.6) is 5.75 Å². The van der Waals surface area contributed by atoms with E-state index in [0.717, 1.165) is 17.7 Å². The minimum atomic E-state index is -0.961. The van der Waals surface area contributed by atoms with Gasteiger partial charge < -0.3 is 9.84 Å². The van der Waals surface area contributed by atoms with Crippen molar-refractivity contribution in [1.82, 2.24) is 0 Å². The summed E-state index contributed by atoms with van der Waals surface area (Å²) in [7, 11) is 0. The van der Waals surface area contributed by atoms with E-state index in [1.165, 1.54) is 6.07 Å². The van der Waals surface area contributed by atoms with Gasteiger partial charge in [0.15, 0.2) is 11.6 Å². The molecule has 2 rings (SSSR count). The summed E-state index contributed by atoms with van der Waals surface area (Å²) in [5.41, 5.74) is 1.58. The number of benzene rings is 2. The van der Waals surface area contributed by atoms with Gasteiger partial charge in [-0.05, 0) is 36.6 Å². The molecule has 1 unspecified atom stereocenters. The molecule has 1 N–H and O–H groups in total. The average molecular weight is 306 g/mol. The van der Waals surface area contributed by atoms with Gasteiger partial charge in [-0.1, -0.05) is 24.3 Å². The molecule has 0 radical (unpaired) electrons. The first kappa shape index (κ1) is 15.9. The van der Waals surface area contributed by atoms with E-state index in [2.05, 4.69) is 0 Å². The van der Waals surface area contributed by atoms with Gasteiger partial charge in [0.25, 0.3) is 0 Å². The molecule has 0 saturated heterocycles. The Bertz CT molecular complexity index is 671. The van der Waals surface area contributed by atoms with Gasteiger partial charge in [0.1, 0.15) is 5.82 Å². The second-order valence-corrected chi connectivity index (χ2v) is 4.96. The predicted octanol–water partition coefficient (Wildman–Crippen LogP) is 3.91. The maximum atomic E-state index is 13.4. The number of halogens is 2. The molecule has 0 amide bonds. The first-order valence-corrected chi connectivity index (χ1v) is 6.85. The number of hydrogen-bond acceptors (Lipinski definition) is 2. The standard InChI is InChI=1S/C17H16F2O3/c1-11-4-2-3-5-13(11)14(17(20)21)8-9-22-16-7-6-12(18)10-15(16)19/h2-7,10,14H,8-9H2,1H3,(H,20,21). The number of hydrogen-bond donors (Lipinski definition) is 1. The van der Waals surface area contributed by atoms with Crippen LogP contribution in [-0.2, 0) is 4.79 Å². The minimum Gasteiger partial charge on any atom is -0.490 e. The highest BCUT2D eigenvalue weighted by Crippen LogP contribution is 2.24. The molecule has 0 saturated carbocycles. The third kappa shape index (κ3) is 3.81. The first-order chi connectivity index (χ1) is 10.5. The SMILES string of the molecule is Cc1ccccc1C(CCOc1ccc(F)cc1F)C(=O)O. The lowest BCUT2D eigenvalue weighted by molar-refractivity contribution is -0.139. The number of ether oxygens (including phenoxy) is 1. The Balaban J connectivity index is 2.04. The molecule has 0 spiro atoms. The monoisotopic (exact) mass is 306 g/mol. The number of aliphatic carboxylic acids is 1. The topological polar surface area (TPSA) is 46.5 Å².